The summed E-state index contributed by atoms with van der Waals surface area (Å²) in [5.74, 6) is 1.47. The number of carbonyl (C=O) groups is 1. The van der Waals surface area contributed by atoms with Crippen LogP contribution in [0.1, 0.15) is 32.9 Å². The van der Waals surface area contributed by atoms with Crippen molar-refractivity contribution in [2.75, 3.05) is 33.3 Å². The van der Waals surface area contributed by atoms with Crippen LogP contribution in [0.25, 0.3) is 0 Å². The van der Waals surface area contributed by atoms with Crippen molar-refractivity contribution in [1.82, 2.24) is 15.0 Å². The van der Waals surface area contributed by atoms with Gasteiger partial charge in [-0.3, -0.25) is 9.69 Å². The highest BCUT2D eigenvalue weighted by Crippen LogP contribution is 2.30. The predicted octanol–water partition coefficient (Wildman–Crippen LogP) is 4.69. The maximum Gasteiger partial charge on any atom is 0.255 e. The third kappa shape index (κ3) is 5.39. The highest BCUT2D eigenvalue weighted by Gasteiger charge is 2.24. The van der Waals surface area contributed by atoms with Crippen molar-refractivity contribution in [2.24, 2.45) is 0 Å². The molecule has 0 N–H and O–H groups in total. The van der Waals surface area contributed by atoms with Crippen LogP contribution in [0.2, 0.25) is 0 Å². The van der Waals surface area contributed by atoms with Gasteiger partial charge in [0.15, 0.2) is 11.6 Å². The Morgan fingerprint density at radius 3 is 2.58 bits per heavy atom. The Hall–Kier alpha value is -2.84. The molecule has 2 heterocycles. The number of aryl methyl sites for hydroxylation is 2. The molecule has 0 saturated carbocycles. The van der Waals surface area contributed by atoms with Crippen LogP contribution in [0, 0.1) is 19.7 Å². The molecule has 0 aliphatic carbocycles. The molecule has 1 aromatic heterocycles. The van der Waals surface area contributed by atoms with Crippen molar-refractivity contribution < 1.29 is 18.4 Å². The van der Waals surface area contributed by atoms with Crippen molar-refractivity contribution in [1.29, 1.82) is 0 Å². The van der Waals surface area contributed by atoms with Gasteiger partial charge in [0.25, 0.3) is 5.91 Å². The fraction of sp³-hybridized carbons (Fsp3) is 0.360. The SMILES string of the molecule is COc1ccc(CN2CCN(C(=O)c3ccccc3SCc3c(C)noc3C)CC2)cc1F. The van der Waals surface area contributed by atoms with Gasteiger partial charge in [-0.15, -0.1) is 11.8 Å². The summed E-state index contributed by atoms with van der Waals surface area (Å²) in [5, 5.41) is 4.01. The van der Waals surface area contributed by atoms with Crippen LogP contribution < -0.4 is 4.74 Å². The molecule has 4 rings (SSSR count). The van der Waals surface area contributed by atoms with E-state index >= 15 is 0 Å². The van der Waals surface area contributed by atoms with E-state index in [1.807, 2.05) is 49.1 Å². The minimum absolute atomic E-state index is 0.0482. The van der Waals surface area contributed by atoms with Gasteiger partial charge in [0.1, 0.15) is 5.76 Å². The lowest BCUT2D eigenvalue weighted by Gasteiger charge is -2.35. The van der Waals surface area contributed by atoms with Gasteiger partial charge >= 0.3 is 0 Å². The molecule has 6 nitrogen and oxygen atoms in total. The molecule has 1 saturated heterocycles. The first-order chi connectivity index (χ1) is 16.0. The second-order valence-corrected chi connectivity index (χ2v) is 9.14. The predicted molar refractivity (Wildman–Crippen MR) is 126 cm³/mol. The monoisotopic (exact) mass is 469 g/mol. The zero-order valence-electron chi connectivity index (χ0n) is 19.1. The maximum absolute atomic E-state index is 14.0. The molecule has 33 heavy (non-hydrogen) atoms. The van der Waals surface area contributed by atoms with E-state index in [1.54, 1.807) is 17.8 Å². The summed E-state index contributed by atoms with van der Waals surface area (Å²) in [6, 6.07) is 12.8. The first-order valence-electron chi connectivity index (χ1n) is 10.9. The first-order valence-corrected chi connectivity index (χ1v) is 11.9. The Bertz CT molecular complexity index is 1110. The van der Waals surface area contributed by atoms with Crippen LogP contribution in [-0.2, 0) is 12.3 Å². The summed E-state index contributed by atoms with van der Waals surface area (Å²) in [6.07, 6.45) is 0. The Balaban J connectivity index is 1.36. The summed E-state index contributed by atoms with van der Waals surface area (Å²) in [6.45, 7) is 7.26. The minimum Gasteiger partial charge on any atom is -0.494 e. The van der Waals surface area contributed by atoms with E-state index in [0.717, 1.165) is 46.1 Å². The lowest BCUT2D eigenvalue weighted by atomic mass is 10.1. The number of aromatic nitrogens is 1. The van der Waals surface area contributed by atoms with Crippen molar-refractivity contribution in [2.45, 2.75) is 31.0 Å². The Morgan fingerprint density at radius 2 is 1.91 bits per heavy atom. The van der Waals surface area contributed by atoms with Crippen molar-refractivity contribution in [3.63, 3.8) is 0 Å². The molecule has 0 radical (unpaired) electrons. The number of benzene rings is 2. The molecule has 1 aliphatic heterocycles. The summed E-state index contributed by atoms with van der Waals surface area (Å²) < 4.78 is 24.2. The van der Waals surface area contributed by atoms with Crippen molar-refractivity contribution >= 4 is 17.7 Å². The number of hydrogen-bond donors (Lipinski definition) is 0. The van der Waals surface area contributed by atoms with E-state index in [-0.39, 0.29) is 17.5 Å². The lowest BCUT2D eigenvalue weighted by molar-refractivity contribution is 0.0625. The van der Waals surface area contributed by atoms with Crippen LogP contribution in [0.5, 0.6) is 5.75 Å². The zero-order chi connectivity index (χ0) is 23.4. The van der Waals surface area contributed by atoms with E-state index in [9.17, 15) is 9.18 Å². The molecular formula is C25H28FN3O3S. The van der Waals surface area contributed by atoms with Crippen LogP contribution in [0.3, 0.4) is 0 Å². The van der Waals surface area contributed by atoms with Crippen LogP contribution in [0.15, 0.2) is 51.9 Å². The van der Waals surface area contributed by atoms with Gasteiger partial charge in [0.05, 0.1) is 18.4 Å². The number of methoxy groups -OCH3 is 1. The van der Waals surface area contributed by atoms with E-state index in [2.05, 4.69) is 10.1 Å². The van der Waals surface area contributed by atoms with Crippen LogP contribution in [-0.4, -0.2) is 54.2 Å². The summed E-state index contributed by atoms with van der Waals surface area (Å²) in [4.78, 5) is 18.4. The quantitative estimate of drug-likeness (QED) is 0.468. The Morgan fingerprint density at radius 1 is 1.15 bits per heavy atom. The number of amides is 1. The van der Waals surface area contributed by atoms with Gasteiger partial charge in [0.2, 0.25) is 0 Å². The molecular weight excluding hydrogens is 441 g/mol. The number of carbonyl (C=O) groups excluding carboxylic acids is 1. The summed E-state index contributed by atoms with van der Waals surface area (Å²) in [7, 11) is 1.46. The topological polar surface area (TPSA) is 58.8 Å². The zero-order valence-corrected chi connectivity index (χ0v) is 20.0. The molecule has 1 amide bonds. The fourth-order valence-corrected chi connectivity index (χ4v) is 5.17. The number of nitrogens with zero attached hydrogens (tertiary/aromatic N) is 3. The third-order valence-corrected chi connectivity index (χ3v) is 7.05. The average Bonchev–Trinajstić information content (AvgIpc) is 3.15. The molecule has 1 aliphatic rings. The van der Waals surface area contributed by atoms with E-state index in [1.165, 1.54) is 13.2 Å². The van der Waals surface area contributed by atoms with Gasteiger partial charge < -0.3 is 14.2 Å². The molecule has 174 valence electrons. The molecule has 1 fully saturated rings. The molecule has 0 unspecified atom stereocenters. The number of halogens is 1. The number of ether oxygens (including phenoxy) is 1. The second kappa shape index (κ2) is 10.4. The largest absolute Gasteiger partial charge is 0.494 e. The molecule has 2 aromatic carbocycles. The first kappa shape index (κ1) is 23.3. The average molecular weight is 470 g/mol. The lowest BCUT2D eigenvalue weighted by Crippen LogP contribution is -2.48. The third-order valence-electron chi connectivity index (χ3n) is 5.95. The van der Waals surface area contributed by atoms with E-state index in [0.29, 0.717) is 25.4 Å². The number of hydrogen-bond acceptors (Lipinski definition) is 6. The second-order valence-electron chi connectivity index (χ2n) is 8.12. The normalized spacial score (nSPS) is 14.5. The van der Waals surface area contributed by atoms with Gasteiger partial charge in [-0.2, -0.15) is 0 Å². The maximum atomic E-state index is 14.0. The van der Waals surface area contributed by atoms with Gasteiger partial charge in [-0.05, 0) is 43.7 Å². The van der Waals surface area contributed by atoms with Gasteiger partial charge in [-0.25, -0.2) is 4.39 Å². The van der Waals surface area contributed by atoms with E-state index < -0.39 is 0 Å². The minimum atomic E-state index is -0.352. The standard InChI is InChI=1S/C25H28FN3O3S/c1-17-21(18(2)32-27-17)16-33-24-7-5-4-6-20(24)25(30)29-12-10-28(11-13-29)15-19-8-9-23(31-3)22(26)14-19/h4-9,14H,10-13,15-16H2,1-3H3. The van der Waals surface area contributed by atoms with Crippen LogP contribution >= 0.6 is 11.8 Å². The summed E-state index contributed by atoms with van der Waals surface area (Å²) >= 11 is 1.63. The molecule has 0 atom stereocenters. The number of piperazine rings is 1. The fourth-order valence-electron chi connectivity index (χ4n) is 3.97. The van der Waals surface area contributed by atoms with Crippen molar-refractivity contribution in [3.8, 4) is 5.75 Å². The molecule has 0 bridgehead atoms. The summed E-state index contributed by atoms with van der Waals surface area (Å²) in [5.41, 5.74) is 3.58. The molecule has 3 aromatic rings. The van der Waals surface area contributed by atoms with E-state index in [4.69, 9.17) is 9.26 Å². The highest BCUT2D eigenvalue weighted by molar-refractivity contribution is 7.98. The Labute approximate surface area is 197 Å². The Kier molecular flexibility index (Phi) is 7.35. The molecule has 8 heteroatoms. The van der Waals surface area contributed by atoms with Crippen LogP contribution in [0.4, 0.5) is 4.39 Å². The molecule has 0 spiro atoms. The number of thioether (sulfide) groups is 1. The van der Waals surface area contributed by atoms with Gasteiger partial charge in [0, 0.05) is 48.9 Å². The van der Waals surface area contributed by atoms with Gasteiger partial charge in [-0.1, -0.05) is 23.4 Å². The smallest absolute Gasteiger partial charge is 0.255 e. The van der Waals surface area contributed by atoms with Crippen molar-refractivity contribution in [3.05, 3.63) is 76.4 Å². The highest BCUT2D eigenvalue weighted by atomic mass is 32.2. The number of rotatable bonds is 7.